The molecule has 7 heavy (non-hydrogen) atoms. The van der Waals surface area contributed by atoms with Gasteiger partial charge in [0.05, 0.1) is 0 Å². The fourth-order valence-corrected chi connectivity index (χ4v) is 0.0752. The van der Waals surface area contributed by atoms with Gasteiger partial charge in [-0.1, -0.05) is 0 Å². The van der Waals surface area contributed by atoms with Crippen LogP contribution in [-0.2, 0) is 37.4 Å². The minimum Gasteiger partial charge on any atom is -0.493 e. The number of hydrogen-bond acceptors (Lipinski definition) is 1. The SMILES string of the molecule is C[C-](F)OCF.[Y+3]. The topological polar surface area (TPSA) is 9.23 Å². The summed E-state index contributed by atoms with van der Waals surface area (Å²) in [6.07, 6.45) is -0.836. The molecule has 0 aliphatic heterocycles. The van der Waals surface area contributed by atoms with Crippen LogP contribution in [0.15, 0.2) is 0 Å². The van der Waals surface area contributed by atoms with E-state index in [1.165, 1.54) is 0 Å². The fraction of sp³-hybridized carbons (Fsp3) is 0.667. The summed E-state index contributed by atoms with van der Waals surface area (Å²) in [6, 6.07) is 0. The molecule has 0 heterocycles. The Morgan fingerprint density at radius 3 is 2.14 bits per heavy atom. The van der Waals surface area contributed by atoms with E-state index in [1.807, 2.05) is 0 Å². The molecule has 0 aliphatic rings. The van der Waals surface area contributed by atoms with Crippen LogP contribution in [0.4, 0.5) is 8.78 Å². The summed E-state index contributed by atoms with van der Waals surface area (Å²) in [5, 5.41) is 0. The Balaban J connectivity index is 0. The third kappa shape index (κ3) is 10.9. The molecule has 0 saturated heterocycles. The molecule has 38 valence electrons. The van der Waals surface area contributed by atoms with E-state index in [0.29, 0.717) is 0 Å². The van der Waals surface area contributed by atoms with Crippen molar-refractivity contribution in [3.8, 4) is 0 Å². The molecule has 0 rings (SSSR count). The maximum absolute atomic E-state index is 11.2. The van der Waals surface area contributed by atoms with E-state index in [1.54, 1.807) is 0 Å². The summed E-state index contributed by atoms with van der Waals surface area (Å²) < 4.78 is 25.5. The van der Waals surface area contributed by atoms with Crippen LogP contribution in [0.3, 0.4) is 0 Å². The first-order valence-corrected chi connectivity index (χ1v) is 1.45. The minimum atomic E-state index is -1.08. The van der Waals surface area contributed by atoms with Crippen molar-refractivity contribution in [1.29, 1.82) is 0 Å². The molecule has 0 saturated carbocycles. The molecule has 0 atom stereocenters. The zero-order valence-electron chi connectivity index (χ0n) is 3.95. The van der Waals surface area contributed by atoms with Gasteiger partial charge >= 0.3 is 32.7 Å². The summed E-state index contributed by atoms with van der Waals surface area (Å²) >= 11 is 0. The number of hydrogen-bond donors (Lipinski definition) is 0. The summed E-state index contributed by atoms with van der Waals surface area (Å²) in [5.41, 5.74) is 0. The Labute approximate surface area is 66.3 Å². The van der Waals surface area contributed by atoms with E-state index < -0.39 is 13.2 Å². The molecule has 0 radical (unpaired) electrons. The molecule has 0 aromatic rings. The second-order valence-corrected chi connectivity index (χ2v) is 0.724. The van der Waals surface area contributed by atoms with Crippen molar-refractivity contribution in [3.63, 3.8) is 0 Å². The molecule has 0 N–H and O–H groups in total. The largest absolute Gasteiger partial charge is 3.00 e. The van der Waals surface area contributed by atoms with E-state index in [0.717, 1.165) is 6.92 Å². The van der Waals surface area contributed by atoms with Crippen LogP contribution < -0.4 is 0 Å². The Kier molecular flexibility index (Phi) is 10.7. The number of halogens is 2. The van der Waals surface area contributed by atoms with Gasteiger partial charge in [0.15, 0.2) is 6.86 Å². The van der Waals surface area contributed by atoms with Crippen molar-refractivity contribution in [2.75, 3.05) is 6.86 Å². The van der Waals surface area contributed by atoms with Crippen molar-refractivity contribution in [2.24, 2.45) is 0 Å². The average molecular weight is 184 g/mol. The summed E-state index contributed by atoms with van der Waals surface area (Å²) in [4.78, 5) is 0. The maximum Gasteiger partial charge on any atom is 3.00 e. The van der Waals surface area contributed by atoms with Gasteiger partial charge in [-0.15, -0.1) is 6.92 Å². The van der Waals surface area contributed by atoms with Crippen molar-refractivity contribution in [2.45, 2.75) is 6.92 Å². The van der Waals surface area contributed by atoms with Crippen LogP contribution in [0.2, 0.25) is 0 Å². The predicted octanol–water partition coefficient (Wildman–Crippen LogP) is 1.41. The molecule has 0 amide bonds. The van der Waals surface area contributed by atoms with Crippen molar-refractivity contribution >= 4 is 0 Å². The first-order valence-electron chi connectivity index (χ1n) is 1.45. The van der Waals surface area contributed by atoms with Crippen LogP contribution in [0, 0.1) is 6.36 Å². The van der Waals surface area contributed by atoms with Crippen LogP contribution in [0.5, 0.6) is 0 Å². The molecule has 1 nitrogen and oxygen atoms in total. The molecule has 0 aromatic heterocycles. The predicted molar refractivity (Wildman–Crippen MR) is 17.1 cm³/mol. The molecule has 0 bridgehead atoms. The van der Waals surface area contributed by atoms with E-state index >= 15 is 0 Å². The molecule has 4 heteroatoms. The van der Waals surface area contributed by atoms with Crippen LogP contribution in [0.1, 0.15) is 6.92 Å². The van der Waals surface area contributed by atoms with Gasteiger partial charge in [0.1, 0.15) is 0 Å². The minimum absolute atomic E-state index is 0. The quantitative estimate of drug-likeness (QED) is 0.589. The first-order chi connectivity index (χ1) is 2.77. The molecule has 0 aliphatic carbocycles. The van der Waals surface area contributed by atoms with E-state index in [2.05, 4.69) is 4.74 Å². The van der Waals surface area contributed by atoms with Gasteiger partial charge in [-0.25, -0.2) is 4.39 Å². The molecule has 0 spiro atoms. The summed E-state index contributed by atoms with van der Waals surface area (Å²) in [6.45, 7) is -0.0398. The van der Waals surface area contributed by atoms with Gasteiger partial charge in [0, 0.05) is 0 Å². The van der Waals surface area contributed by atoms with E-state index in [4.69, 9.17) is 0 Å². The average Bonchev–Trinajstić information content (AvgIpc) is 1.35. The van der Waals surface area contributed by atoms with Gasteiger partial charge in [0.25, 0.3) is 0 Å². The molecular formula is C3H5F2OY+2. The zero-order valence-corrected chi connectivity index (χ0v) is 6.79. The van der Waals surface area contributed by atoms with Crippen molar-refractivity contribution < 1.29 is 46.2 Å². The standard InChI is InChI=1S/C3H5F2O.Y/c1-3(5)6-2-4;/h2H2,1H3;/q-1;+3. The fourth-order valence-electron chi connectivity index (χ4n) is 0.0752. The number of alkyl halides is 1. The Bertz CT molecular complexity index is 34.1. The first kappa shape index (κ1) is 10.8. The number of rotatable bonds is 2. The van der Waals surface area contributed by atoms with Crippen LogP contribution in [-0.4, -0.2) is 6.86 Å². The summed E-state index contributed by atoms with van der Waals surface area (Å²) in [7, 11) is 0. The van der Waals surface area contributed by atoms with E-state index in [9.17, 15) is 8.78 Å². The Hall–Kier alpha value is 0.924. The Morgan fingerprint density at radius 1 is 1.71 bits per heavy atom. The van der Waals surface area contributed by atoms with Gasteiger partial charge < -0.3 is 9.13 Å². The maximum atomic E-state index is 11.2. The van der Waals surface area contributed by atoms with Gasteiger partial charge in [-0.2, -0.15) is 0 Å². The van der Waals surface area contributed by atoms with Crippen LogP contribution >= 0.6 is 0 Å². The summed E-state index contributed by atoms with van der Waals surface area (Å²) in [5.74, 6) is 0. The smallest absolute Gasteiger partial charge is 0.493 e. The van der Waals surface area contributed by atoms with Gasteiger partial charge in [-0.3, -0.25) is 0 Å². The van der Waals surface area contributed by atoms with Crippen molar-refractivity contribution in [3.05, 3.63) is 6.36 Å². The second kappa shape index (κ2) is 6.92. The van der Waals surface area contributed by atoms with E-state index in [-0.39, 0.29) is 32.7 Å². The molecule has 0 fully saturated rings. The monoisotopic (exact) mass is 184 g/mol. The second-order valence-electron chi connectivity index (χ2n) is 0.724. The molecule has 0 aromatic carbocycles. The van der Waals surface area contributed by atoms with Crippen molar-refractivity contribution in [1.82, 2.24) is 0 Å². The number of ether oxygens (including phenoxy) is 1. The van der Waals surface area contributed by atoms with Gasteiger partial charge in [0.2, 0.25) is 0 Å². The van der Waals surface area contributed by atoms with Crippen LogP contribution in [0.25, 0.3) is 0 Å². The normalized spacial score (nSPS) is 8.57. The van der Waals surface area contributed by atoms with Gasteiger partial charge in [-0.05, 0) is 6.36 Å². The zero-order chi connectivity index (χ0) is 4.99. The Morgan fingerprint density at radius 2 is 2.14 bits per heavy atom. The molecular weight excluding hydrogens is 179 g/mol. The molecule has 0 unspecified atom stereocenters. The third-order valence-electron chi connectivity index (χ3n) is 0.253. The third-order valence-corrected chi connectivity index (χ3v) is 0.253.